The van der Waals surface area contributed by atoms with Crippen LogP contribution < -0.4 is 18.9 Å². The molecule has 0 aliphatic carbocycles. The second kappa shape index (κ2) is 11.0. The SMILES string of the molecule is COc1ccc(C(C)(C#N)CCC(OC(C)=O)C(CC2Oc3ccccc3O2)[N+](=O)[O-])cc1OC. The number of hydrogen-bond acceptors (Lipinski definition) is 9. The molecular weight excluding hydrogens is 456 g/mol. The number of rotatable bonds is 11. The molecule has 0 saturated heterocycles. The quantitative estimate of drug-likeness (QED) is 0.263. The molecule has 35 heavy (non-hydrogen) atoms. The van der Waals surface area contributed by atoms with E-state index >= 15 is 0 Å². The molecule has 0 spiro atoms. The lowest BCUT2D eigenvalue weighted by molar-refractivity contribution is -0.537. The summed E-state index contributed by atoms with van der Waals surface area (Å²) in [7, 11) is 3.01. The minimum Gasteiger partial charge on any atom is -0.493 e. The number of hydrogen-bond donors (Lipinski definition) is 0. The fourth-order valence-corrected chi connectivity index (χ4v) is 4.04. The average molecular weight is 485 g/mol. The number of methoxy groups -OCH3 is 2. The van der Waals surface area contributed by atoms with Gasteiger partial charge in [0.15, 0.2) is 29.1 Å². The molecule has 0 N–H and O–H groups in total. The van der Waals surface area contributed by atoms with Crippen molar-refractivity contribution >= 4 is 5.97 Å². The Labute approximate surface area is 203 Å². The molecule has 1 heterocycles. The maximum Gasteiger partial charge on any atom is 0.303 e. The second-order valence-corrected chi connectivity index (χ2v) is 8.40. The largest absolute Gasteiger partial charge is 0.493 e. The number of carbonyl (C=O) groups excluding carboxylic acids is 1. The van der Waals surface area contributed by atoms with Crippen molar-refractivity contribution in [1.82, 2.24) is 0 Å². The molecule has 0 saturated carbocycles. The number of ether oxygens (including phenoxy) is 5. The van der Waals surface area contributed by atoms with E-state index in [0.29, 0.717) is 28.6 Å². The van der Waals surface area contributed by atoms with E-state index in [-0.39, 0.29) is 19.3 Å². The van der Waals surface area contributed by atoms with Crippen molar-refractivity contribution in [1.29, 1.82) is 5.26 Å². The summed E-state index contributed by atoms with van der Waals surface area (Å²) in [4.78, 5) is 23.3. The molecule has 0 aromatic heterocycles. The summed E-state index contributed by atoms with van der Waals surface area (Å²) < 4.78 is 27.3. The molecule has 0 radical (unpaired) electrons. The minimum absolute atomic E-state index is 0.0727. The number of benzene rings is 2. The molecule has 10 nitrogen and oxygen atoms in total. The highest BCUT2D eigenvalue weighted by molar-refractivity contribution is 5.66. The first-order chi connectivity index (χ1) is 16.7. The van der Waals surface area contributed by atoms with Crippen molar-refractivity contribution in [2.45, 2.75) is 57.0 Å². The van der Waals surface area contributed by atoms with Gasteiger partial charge in [-0.1, -0.05) is 18.2 Å². The fourth-order valence-electron chi connectivity index (χ4n) is 4.04. The zero-order valence-corrected chi connectivity index (χ0v) is 20.1. The summed E-state index contributed by atoms with van der Waals surface area (Å²) >= 11 is 0. The Morgan fingerprint density at radius 2 is 1.80 bits per heavy atom. The highest BCUT2D eigenvalue weighted by atomic mass is 16.7. The Morgan fingerprint density at radius 3 is 2.31 bits per heavy atom. The van der Waals surface area contributed by atoms with Crippen molar-refractivity contribution in [2.75, 3.05) is 14.2 Å². The van der Waals surface area contributed by atoms with Gasteiger partial charge in [0.05, 0.1) is 32.1 Å². The van der Waals surface area contributed by atoms with E-state index in [1.165, 1.54) is 21.1 Å². The van der Waals surface area contributed by atoms with Gasteiger partial charge in [-0.25, -0.2) is 0 Å². The highest BCUT2D eigenvalue weighted by Gasteiger charge is 2.41. The van der Waals surface area contributed by atoms with Crippen LogP contribution in [-0.2, 0) is 14.9 Å². The zero-order valence-electron chi connectivity index (χ0n) is 20.1. The van der Waals surface area contributed by atoms with Gasteiger partial charge in [-0.15, -0.1) is 0 Å². The summed E-state index contributed by atoms with van der Waals surface area (Å²) in [6.07, 6.45) is -1.86. The third-order valence-electron chi connectivity index (χ3n) is 6.01. The molecule has 1 aliphatic heterocycles. The summed E-state index contributed by atoms with van der Waals surface area (Å²) in [6, 6.07) is 13.1. The van der Waals surface area contributed by atoms with Gasteiger partial charge >= 0.3 is 5.97 Å². The van der Waals surface area contributed by atoms with Gasteiger partial charge in [0.25, 0.3) is 6.04 Å². The molecule has 0 amide bonds. The Kier molecular flexibility index (Phi) is 8.02. The molecule has 1 aliphatic rings. The summed E-state index contributed by atoms with van der Waals surface area (Å²) in [6.45, 7) is 2.92. The average Bonchev–Trinajstić information content (AvgIpc) is 3.26. The Morgan fingerprint density at radius 1 is 1.17 bits per heavy atom. The van der Waals surface area contributed by atoms with Crippen molar-refractivity contribution in [3.8, 4) is 29.1 Å². The van der Waals surface area contributed by atoms with E-state index in [4.69, 9.17) is 23.7 Å². The number of esters is 1. The maximum absolute atomic E-state index is 12.0. The number of fused-ring (bicyclic) bond motifs is 1. The Bertz CT molecular complexity index is 1090. The van der Waals surface area contributed by atoms with Gasteiger partial charge in [0.2, 0.25) is 6.29 Å². The second-order valence-electron chi connectivity index (χ2n) is 8.40. The number of nitro groups is 1. The predicted molar refractivity (Wildman–Crippen MR) is 124 cm³/mol. The van der Waals surface area contributed by atoms with Crippen LogP contribution in [0.2, 0.25) is 0 Å². The molecular formula is C25H28N2O8. The van der Waals surface area contributed by atoms with Crippen LogP contribution in [0.25, 0.3) is 0 Å². The lowest BCUT2D eigenvalue weighted by Gasteiger charge is -2.27. The molecule has 3 unspecified atom stereocenters. The topological polar surface area (TPSA) is 130 Å². The molecule has 3 atom stereocenters. The van der Waals surface area contributed by atoms with E-state index in [0.717, 1.165) is 0 Å². The first-order valence-corrected chi connectivity index (χ1v) is 11.1. The van der Waals surface area contributed by atoms with Crippen LogP contribution in [0, 0.1) is 21.4 Å². The third kappa shape index (κ3) is 5.93. The zero-order chi connectivity index (χ0) is 25.6. The normalized spacial score (nSPS) is 15.9. The standard InChI is InChI=1S/C25H28N2O8/c1-16(28)33-19(18(27(29)30)14-24-34-21-7-5-6-8-22(21)35-24)11-12-25(2,15-26)17-9-10-20(31-3)23(13-17)32-4/h5-10,13,18-19,24H,11-12,14H2,1-4H3. The number of nitriles is 1. The fraction of sp³-hybridized carbons (Fsp3) is 0.440. The molecule has 0 fully saturated rings. The van der Waals surface area contributed by atoms with Crippen molar-refractivity contribution in [3.05, 3.63) is 58.1 Å². The van der Waals surface area contributed by atoms with Crippen LogP contribution in [0.5, 0.6) is 23.0 Å². The third-order valence-corrected chi connectivity index (χ3v) is 6.01. The first kappa shape index (κ1) is 25.6. The van der Waals surface area contributed by atoms with Crippen LogP contribution in [0.4, 0.5) is 0 Å². The van der Waals surface area contributed by atoms with Crippen LogP contribution in [0.3, 0.4) is 0 Å². The van der Waals surface area contributed by atoms with E-state index in [9.17, 15) is 20.2 Å². The van der Waals surface area contributed by atoms with Crippen molar-refractivity contribution in [3.63, 3.8) is 0 Å². The lowest BCUT2D eigenvalue weighted by Crippen LogP contribution is -2.42. The smallest absolute Gasteiger partial charge is 0.303 e. The summed E-state index contributed by atoms with van der Waals surface area (Å²) in [5, 5.41) is 22.0. The molecule has 0 bridgehead atoms. The van der Waals surface area contributed by atoms with Gasteiger partial charge < -0.3 is 23.7 Å². The molecule has 186 valence electrons. The van der Waals surface area contributed by atoms with E-state index in [2.05, 4.69) is 6.07 Å². The van der Waals surface area contributed by atoms with Crippen LogP contribution in [0.15, 0.2) is 42.5 Å². The van der Waals surface area contributed by atoms with Gasteiger partial charge in [-0.2, -0.15) is 5.26 Å². The van der Waals surface area contributed by atoms with Gasteiger partial charge in [0.1, 0.15) is 0 Å². The molecule has 2 aromatic rings. The summed E-state index contributed by atoms with van der Waals surface area (Å²) in [5.41, 5.74) is -0.384. The van der Waals surface area contributed by atoms with Crippen LogP contribution in [0.1, 0.15) is 38.7 Å². The number of para-hydroxylation sites is 2. The maximum atomic E-state index is 12.0. The number of carbonyl (C=O) groups is 1. The highest BCUT2D eigenvalue weighted by Crippen LogP contribution is 2.38. The van der Waals surface area contributed by atoms with E-state index in [1.54, 1.807) is 49.4 Å². The van der Waals surface area contributed by atoms with Gasteiger partial charge in [0, 0.05) is 11.8 Å². The molecule has 10 heteroatoms. The predicted octanol–water partition coefficient (Wildman–Crippen LogP) is 4.03. The van der Waals surface area contributed by atoms with Crippen LogP contribution >= 0.6 is 0 Å². The minimum atomic E-state index is -1.30. The Balaban J connectivity index is 1.79. The van der Waals surface area contributed by atoms with Crippen molar-refractivity contribution in [2.24, 2.45) is 0 Å². The van der Waals surface area contributed by atoms with Gasteiger partial charge in [-0.3, -0.25) is 14.9 Å². The van der Waals surface area contributed by atoms with E-state index in [1.807, 2.05) is 0 Å². The molecule has 2 aromatic carbocycles. The monoisotopic (exact) mass is 484 g/mol. The Hall–Kier alpha value is -4.00. The lowest BCUT2D eigenvalue weighted by atomic mass is 9.78. The molecule has 3 rings (SSSR count). The van der Waals surface area contributed by atoms with E-state index < -0.39 is 34.7 Å². The summed E-state index contributed by atoms with van der Waals surface area (Å²) in [5.74, 6) is 1.31. The van der Waals surface area contributed by atoms with Crippen LogP contribution in [-0.4, -0.2) is 43.5 Å². The number of nitrogens with zero attached hydrogens (tertiary/aromatic N) is 2. The first-order valence-electron chi connectivity index (χ1n) is 11.1. The van der Waals surface area contributed by atoms with Gasteiger partial charge in [-0.05, 0) is 49.6 Å². The van der Waals surface area contributed by atoms with Crippen molar-refractivity contribution < 1.29 is 33.4 Å².